The Morgan fingerprint density at radius 2 is 2.19 bits per heavy atom. The van der Waals surface area contributed by atoms with Crippen molar-refractivity contribution >= 4 is 5.97 Å². The van der Waals surface area contributed by atoms with Gasteiger partial charge in [0.1, 0.15) is 5.75 Å². The molecular weight excluding hydrogens is 204 g/mol. The number of hydrogen-bond donors (Lipinski definition) is 1. The second-order valence-electron chi connectivity index (χ2n) is 4.68. The maximum atomic E-state index is 11.7. The van der Waals surface area contributed by atoms with Crippen molar-refractivity contribution < 1.29 is 14.6 Å². The number of phenolic OH excluding ortho intramolecular Hbond substituents is 1. The van der Waals surface area contributed by atoms with E-state index < -0.39 is 5.41 Å². The van der Waals surface area contributed by atoms with E-state index in [0.29, 0.717) is 6.42 Å². The Hall–Kier alpha value is -1.51. The lowest BCUT2D eigenvalue weighted by Crippen LogP contribution is -2.35. The molecule has 0 spiro atoms. The molecule has 1 aromatic carbocycles. The van der Waals surface area contributed by atoms with E-state index in [-0.39, 0.29) is 11.7 Å². The molecular formula is C13H16O3. The summed E-state index contributed by atoms with van der Waals surface area (Å²) in [5.74, 6) is 0.0920. The van der Waals surface area contributed by atoms with Crippen LogP contribution in [0.15, 0.2) is 18.2 Å². The van der Waals surface area contributed by atoms with Gasteiger partial charge in [-0.15, -0.1) is 0 Å². The van der Waals surface area contributed by atoms with Crippen LogP contribution in [0.3, 0.4) is 0 Å². The second kappa shape index (κ2) is 3.81. The van der Waals surface area contributed by atoms with E-state index in [4.69, 9.17) is 4.74 Å². The molecule has 0 bridgehead atoms. The van der Waals surface area contributed by atoms with Gasteiger partial charge in [0.2, 0.25) is 0 Å². The minimum absolute atomic E-state index is 0.165. The predicted molar refractivity (Wildman–Crippen MR) is 60.3 cm³/mol. The molecule has 3 nitrogen and oxygen atoms in total. The molecule has 0 heterocycles. The van der Waals surface area contributed by atoms with Crippen LogP contribution < -0.4 is 0 Å². The van der Waals surface area contributed by atoms with Gasteiger partial charge in [-0.25, -0.2) is 0 Å². The monoisotopic (exact) mass is 220 g/mol. The van der Waals surface area contributed by atoms with Crippen molar-refractivity contribution in [1.29, 1.82) is 0 Å². The van der Waals surface area contributed by atoms with Crippen LogP contribution in [0, 0.1) is 5.41 Å². The molecule has 1 aliphatic carbocycles. The van der Waals surface area contributed by atoms with Gasteiger partial charge in [0.15, 0.2) is 0 Å². The molecule has 1 aromatic rings. The van der Waals surface area contributed by atoms with Gasteiger partial charge >= 0.3 is 5.97 Å². The fourth-order valence-corrected chi connectivity index (χ4v) is 2.36. The fraction of sp³-hybridized carbons (Fsp3) is 0.462. The molecule has 0 saturated heterocycles. The molecule has 0 saturated carbocycles. The molecule has 1 N–H and O–H groups in total. The summed E-state index contributed by atoms with van der Waals surface area (Å²) in [4.78, 5) is 11.7. The number of carbonyl (C=O) groups is 1. The quantitative estimate of drug-likeness (QED) is 0.737. The van der Waals surface area contributed by atoms with Crippen molar-refractivity contribution in [2.45, 2.75) is 26.2 Å². The second-order valence-corrected chi connectivity index (χ2v) is 4.68. The summed E-state index contributed by atoms with van der Waals surface area (Å²) in [7, 11) is 1.42. The summed E-state index contributed by atoms with van der Waals surface area (Å²) in [6.07, 6.45) is 2.31. The van der Waals surface area contributed by atoms with Crippen LogP contribution in [-0.4, -0.2) is 18.2 Å². The summed E-state index contributed by atoms with van der Waals surface area (Å²) < 4.78 is 4.84. The van der Waals surface area contributed by atoms with E-state index in [2.05, 4.69) is 0 Å². The number of phenols is 1. The lowest BCUT2D eigenvalue weighted by atomic mass is 9.73. The fourth-order valence-electron chi connectivity index (χ4n) is 2.36. The van der Waals surface area contributed by atoms with Crippen LogP contribution in [-0.2, 0) is 22.4 Å². The van der Waals surface area contributed by atoms with Crippen LogP contribution in [0.4, 0.5) is 0 Å². The molecule has 0 fully saturated rings. The van der Waals surface area contributed by atoms with Gasteiger partial charge in [-0.3, -0.25) is 4.79 Å². The van der Waals surface area contributed by atoms with Gasteiger partial charge in [0.25, 0.3) is 0 Å². The van der Waals surface area contributed by atoms with Gasteiger partial charge in [-0.05, 0) is 49.4 Å². The molecule has 2 rings (SSSR count). The van der Waals surface area contributed by atoms with Gasteiger partial charge in [-0.1, -0.05) is 6.07 Å². The normalized spacial score (nSPS) is 23.6. The van der Waals surface area contributed by atoms with Crippen molar-refractivity contribution in [2.75, 3.05) is 7.11 Å². The summed E-state index contributed by atoms with van der Waals surface area (Å²) in [5.41, 5.74) is 1.83. The molecule has 0 aromatic heterocycles. The van der Waals surface area contributed by atoms with Crippen LogP contribution in [0.1, 0.15) is 24.5 Å². The Morgan fingerprint density at radius 1 is 1.44 bits per heavy atom. The highest BCUT2D eigenvalue weighted by atomic mass is 16.5. The number of fused-ring (bicyclic) bond motifs is 1. The number of esters is 1. The first-order chi connectivity index (χ1) is 7.55. The Labute approximate surface area is 95.0 Å². The lowest BCUT2D eigenvalue weighted by Gasteiger charge is -2.32. The Morgan fingerprint density at radius 3 is 2.88 bits per heavy atom. The van der Waals surface area contributed by atoms with Crippen LogP contribution >= 0.6 is 0 Å². The highest BCUT2D eigenvalue weighted by Crippen LogP contribution is 2.37. The van der Waals surface area contributed by atoms with Crippen molar-refractivity contribution in [3.8, 4) is 5.75 Å². The van der Waals surface area contributed by atoms with Gasteiger partial charge in [0, 0.05) is 0 Å². The Bertz CT molecular complexity index is 425. The molecule has 0 amide bonds. The van der Waals surface area contributed by atoms with Crippen LogP contribution in [0.2, 0.25) is 0 Å². The number of aromatic hydroxyl groups is 1. The van der Waals surface area contributed by atoms with E-state index in [1.807, 2.05) is 13.0 Å². The van der Waals surface area contributed by atoms with Crippen molar-refractivity contribution in [1.82, 2.24) is 0 Å². The zero-order valence-corrected chi connectivity index (χ0v) is 9.62. The first-order valence-corrected chi connectivity index (χ1v) is 5.44. The average molecular weight is 220 g/mol. The number of benzene rings is 1. The maximum absolute atomic E-state index is 11.7. The van der Waals surface area contributed by atoms with Crippen LogP contribution in [0.25, 0.3) is 0 Å². The summed E-state index contributed by atoms with van der Waals surface area (Å²) in [5, 5.41) is 9.44. The number of methoxy groups -OCH3 is 1. The maximum Gasteiger partial charge on any atom is 0.311 e. The molecule has 86 valence electrons. The summed E-state index contributed by atoms with van der Waals surface area (Å²) in [6.45, 7) is 1.92. The van der Waals surface area contributed by atoms with Crippen LogP contribution in [0.5, 0.6) is 5.75 Å². The third-order valence-electron chi connectivity index (χ3n) is 3.39. The minimum Gasteiger partial charge on any atom is -0.508 e. The van der Waals surface area contributed by atoms with E-state index in [0.717, 1.165) is 18.4 Å². The topological polar surface area (TPSA) is 46.5 Å². The number of rotatable bonds is 1. The van der Waals surface area contributed by atoms with Gasteiger partial charge < -0.3 is 9.84 Å². The molecule has 1 unspecified atom stereocenters. The molecule has 16 heavy (non-hydrogen) atoms. The Kier molecular flexibility index (Phi) is 2.62. The summed E-state index contributed by atoms with van der Waals surface area (Å²) >= 11 is 0. The van der Waals surface area contributed by atoms with E-state index in [9.17, 15) is 9.90 Å². The number of ether oxygens (including phenoxy) is 1. The van der Waals surface area contributed by atoms with Crippen molar-refractivity contribution in [2.24, 2.45) is 5.41 Å². The third kappa shape index (κ3) is 1.77. The van der Waals surface area contributed by atoms with Crippen molar-refractivity contribution in [3.05, 3.63) is 29.3 Å². The van der Waals surface area contributed by atoms with E-state index >= 15 is 0 Å². The predicted octanol–water partition coefficient (Wildman–Crippen LogP) is 2.06. The van der Waals surface area contributed by atoms with E-state index in [1.165, 1.54) is 12.7 Å². The zero-order valence-electron chi connectivity index (χ0n) is 9.62. The first-order valence-electron chi connectivity index (χ1n) is 5.44. The Balaban J connectivity index is 2.32. The number of aryl methyl sites for hydroxylation is 1. The smallest absolute Gasteiger partial charge is 0.311 e. The highest BCUT2D eigenvalue weighted by molar-refractivity contribution is 5.77. The molecule has 0 aliphatic heterocycles. The summed E-state index contributed by atoms with van der Waals surface area (Å²) in [6, 6.07) is 5.37. The molecule has 1 atom stereocenters. The largest absolute Gasteiger partial charge is 0.508 e. The SMILES string of the molecule is COC(=O)C1(C)CCc2ccc(O)cc2C1. The minimum atomic E-state index is -0.449. The van der Waals surface area contributed by atoms with Gasteiger partial charge in [0.05, 0.1) is 12.5 Å². The zero-order chi connectivity index (χ0) is 11.8. The molecule has 3 heteroatoms. The average Bonchev–Trinajstić information content (AvgIpc) is 2.27. The van der Waals surface area contributed by atoms with Crippen molar-refractivity contribution in [3.63, 3.8) is 0 Å². The standard InChI is InChI=1S/C13H16O3/c1-13(12(15)16-2)6-5-9-3-4-11(14)7-10(9)8-13/h3-4,7,14H,5-6,8H2,1-2H3. The third-order valence-corrected chi connectivity index (χ3v) is 3.39. The van der Waals surface area contributed by atoms with Gasteiger partial charge in [-0.2, -0.15) is 0 Å². The molecule has 1 aliphatic rings. The lowest BCUT2D eigenvalue weighted by molar-refractivity contribution is -0.152. The first kappa shape index (κ1) is 11.0. The van der Waals surface area contributed by atoms with E-state index in [1.54, 1.807) is 12.1 Å². The number of carbonyl (C=O) groups excluding carboxylic acids is 1. The number of hydrogen-bond acceptors (Lipinski definition) is 3. The highest BCUT2D eigenvalue weighted by Gasteiger charge is 2.37. The molecule has 0 radical (unpaired) electrons.